The van der Waals surface area contributed by atoms with Gasteiger partial charge in [-0.2, -0.15) is 0 Å². The molecule has 6 aromatic carbocycles. The van der Waals surface area contributed by atoms with Crippen LogP contribution in [0.5, 0.6) is 23.0 Å². The van der Waals surface area contributed by atoms with Crippen LogP contribution in [0.15, 0.2) is 121 Å². The molecule has 0 heterocycles. The van der Waals surface area contributed by atoms with E-state index in [0.717, 1.165) is 55.3 Å². The van der Waals surface area contributed by atoms with Crippen LogP contribution in [0.25, 0.3) is 32.7 Å². The molecular weight excluding hydrogens is 636 g/mol. The van der Waals surface area contributed by atoms with E-state index in [4.69, 9.17) is 18.9 Å². The lowest BCUT2D eigenvalue weighted by Gasteiger charge is -2.27. The molecule has 0 aliphatic rings. The van der Waals surface area contributed by atoms with E-state index in [9.17, 15) is 10.2 Å². The van der Waals surface area contributed by atoms with Crippen molar-refractivity contribution in [3.63, 3.8) is 0 Å². The predicted molar refractivity (Wildman–Crippen MR) is 206 cm³/mol. The summed E-state index contributed by atoms with van der Waals surface area (Å²) in [5.74, 6) is 2.80. The molecule has 6 heteroatoms. The Morgan fingerprint density at radius 1 is 0.490 bits per heavy atom. The Kier molecular flexibility index (Phi) is 10.3. The summed E-state index contributed by atoms with van der Waals surface area (Å²) in [6.45, 7) is 10.1. The van der Waals surface area contributed by atoms with Gasteiger partial charge in [-0.25, -0.2) is 0 Å². The summed E-state index contributed by atoms with van der Waals surface area (Å²) in [4.78, 5) is 0. The summed E-state index contributed by atoms with van der Waals surface area (Å²) in [6, 6.07) is 40.6. The first-order valence-electron chi connectivity index (χ1n) is 17.5. The van der Waals surface area contributed by atoms with Gasteiger partial charge in [0.1, 0.15) is 48.4 Å². The minimum atomic E-state index is -1.28. The zero-order valence-corrected chi connectivity index (χ0v) is 30.4. The van der Waals surface area contributed by atoms with Crippen molar-refractivity contribution in [2.75, 3.05) is 26.9 Å². The summed E-state index contributed by atoms with van der Waals surface area (Å²) in [6.07, 6.45) is 0.623. The van der Waals surface area contributed by atoms with Gasteiger partial charge in [0.15, 0.2) is 0 Å². The van der Waals surface area contributed by atoms with Gasteiger partial charge in [0.25, 0.3) is 0 Å². The number of benzene rings is 6. The second-order valence-electron chi connectivity index (χ2n) is 14.4. The first-order chi connectivity index (χ1) is 24.4. The van der Waals surface area contributed by atoms with Crippen LogP contribution >= 0.6 is 0 Å². The average Bonchev–Trinajstić information content (AvgIpc) is 3.15. The van der Waals surface area contributed by atoms with Gasteiger partial charge in [-0.1, -0.05) is 106 Å². The number of aliphatic hydroxyl groups is 2. The molecule has 2 atom stereocenters. The molecule has 0 aliphatic carbocycles. The minimum Gasteiger partial charge on any atom is -0.496 e. The van der Waals surface area contributed by atoms with E-state index < -0.39 is 11.2 Å². The Labute approximate surface area is 301 Å². The molecule has 51 heavy (non-hydrogen) atoms. The van der Waals surface area contributed by atoms with Crippen molar-refractivity contribution >= 4 is 21.5 Å². The van der Waals surface area contributed by atoms with Crippen molar-refractivity contribution in [1.82, 2.24) is 0 Å². The molecule has 0 saturated carbocycles. The maximum atomic E-state index is 11.4. The van der Waals surface area contributed by atoms with Gasteiger partial charge >= 0.3 is 0 Å². The molecule has 6 aromatic rings. The molecular formula is C45H48O6. The third kappa shape index (κ3) is 7.98. The molecule has 0 bridgehead atoms. The summed E-state index contributed by atoms with van der Waals surface area (Å²) in [5.41, 5.74) is 1.74. The molecule has 0 saturated heterocycles. The van der Waals surface area contributed by atoms with E-state index in [2.05, 4.69) is 68.4 Å². The highest BCUT2D eigenvalue weighted by molar-refractivity contribution is 6.09. The topological polar surface area (TPSA) is 77.4 Å². The van der Waals surface area contributed by atoms with Gasteiger partial charge in [0, 0.05) is 16.5 Å². The van der Waals surface area contributed by atoms with Gasteiger partial charge in [-0.3, -0.25) is 0 Å². The molecule has 0 aromatic heterocycles. The van der Waals surface area contributed by atoms with Crippen molar-refractivity contribution in [2.24, 2.45) is 0 Å². The van der Waals surface area contributed by atoms with Crippen molar-refractivity contribution in [3.8, 4) is 34.1 Å². The second-order valence-corrected chi connectivity index (χ2v) is 14.4. The zero-order chi connectivity index (χ0) is 36.2. The third-order valence-electron chi connectivity index (χ3n) is 9.80. The van der Waals surface area contributed by atoms with Crippen LogP contribution in [0.4, 0.5) is 0 Å². The number of hydrogen-bond donors (Lipinski definition) is 2. The molecule has 0 spiro atoms. The van der Waals surface area contributed by atoms with E-state index in [1.807, 2.05) is 73.7 Å². The van der Waals surface area contributed by atoms with Crippen LogP contribution in [-0.4, -0.2) is 48.3 Å². The molecule has 6 nitrogen and oxygen atoms in total. The van der Waals surface area contributed by atoms with Gasteiger partial charge in [0.2, 0.25) is 0 Å². The second kappa shape index (κ2) is 14.7. The number of methoxy groups -OCH3 is 1. The van der Waals surface area contributed by atoms with Crippen molar-refractivity contribution < 1.29 is 29.2 Å². The molecule has 2 unspecified atom stereocenters. The molecule has 2 N–H and O–H groups in total. The van der Waals surface area contributed by atoms with Crippen molar-refractivity contribution in [2.45, 2.75) is 57.7 Å². The Hall–Kier alpha value is -5.04. The molecule has 0 radical (unpaired) electrons. The maximum absolute atomic E-state index is 11.4. The van der Waals surface area contributed by atoms with Gasteiger partial charge in [-0.05, 0) is 89.3 Å². The lowest BCUT2D eigenvalue weighted by atomic mass is 9.78. The number of ether oxygens (including phenoxy) is 4. The Morgan fingerprint density at radius 2 is 0.922 bits per heavy atom. The first-order valence-corrected chi connectivity index (χ1v) is 17.5. The SMILES string of the molecule is CCC(C)(O)COc1ccc(C(C)(C)c2ccc(OCC(C)(O)COc3ccc4ccccc4c3-c3c(OC)ccc4ccccc34)cc2)cc1. The summed E-state index contributed by atoms with van der Waals surface area (Å²) in [5, 5.41) is 26.0. The first kappa shape index (κ1) is 35.8. The lowest BCUT2D eigenvalue weighted by Crippen LogP contribution is -2.38. The normalized spacial score (nSPS) is 14.1. The summed E-state index contributed by atoms with van der Waals surface area (Å²) in [7, 11) is 1.68. The van der Waals surface area contributed by atoms with E-state index >= 15 is 0 Å². The number of hydrogen-bond acceptors (Lipinski definition) is 6. The number of fused-ring (bicyclic) bond motifs is 2. The molecule has 0 amide bonds. The molecule has 0 fully saturated rings. The minimum absolute atomic E-state index is 0.0201. The maximum Gasteiger partial charge on any atom is 0.130 e. The Balaban J connectivity index is 1.15. The van der Waals surface area contributed by atoms with E-state index in [0.29, 0.717) is 17.9 Å². The fourth-order valence-electron chi connectivity index (χ4n) is 6.27. The Morgan fingerprint density at radius 3 is 1.41 bits per heavy atom. The van der Waals surface area contributed by atoms with Crippen LogP contribution in [-0.2, 0) is 5.41 Å². The monoisotopic (exact) mass is 684 g/mol. The van der Waals surface area contributed by atoms with Crippen LogP contribution in [0.1, 0.15) is 52.2 Å². The summed E-state index contributed by atoms with van der Waals surface area (Å²) >= 11 is 0. The Bertz CT molecular complexity index is 2100. The number of rotatable bonds is 14. The van der Waals surface area contributed by atoms with Crippen LogP contribution in [0.2, 0.25) is 0 Å². The fraction of sp³-hybridized carbons (Fsp3) is 0.289. The molecule has 0 aliphatic heterocycles. The lowest BCUT2D eigenvalue weighted by molar-refractivity contribution is -0.0245. The van der Waals surface area contributed by atoms with Crippen LogP contribution in [0, 0.1) is 0 Å². The highest BCUT2D eigenvalue weighted by atomic mass is 16.5. The largest absolute Gasteiger partial charge is 0.496 e. The highest BCUT2D eigenvalue weighted by Gasteiger charge is 2.27. The summed E-state index contributed by atoms with van der Waals surface area (Å²) < 4.78 is 24.3. The van der Waals surface area contributed by atoms with Gasteiger partial charge in [0.05, 0.1) is 12.7 Å². The van der Waals surface area contributed by atoms with Crippen molar-refractivity contribution in [1.29, 1.82) is 0 Å². The fourth-order valence-corrected chi connectivity index (χ4v) is 6.27. The smallest absolute Gasteiger partial charge is 0.130 e. The van der Waals surface area contributed by atoms with Gasteiger partial charge in [-0.15, -0.1) is 0 Å². The average molecular weight is 685 g/mol. The van der Waals surface area contributed by atoms with Crippen molar-refractivity contribution in [3.05, 3.63) is 132 Å². The van der Waals surface area contributed by atoms with E-state index in [1.54, 1.807) is 21.0 Å². The molecule has 6 rings (SSSR count). The quantitative estimate of drug-likeness (QED) is 0.119. The van der Waals surface area contributed by atoms with Gasteiger partial charge < -0.3 is 29.2 Å². The standard InChI is InChI=1S/C45H48O6/c1-7-44(4,46)28-49-35-22-18-33(19-23-35)43(2,3)34-20-24-36(25-21-34)50-29-45(5,47)30-51-40-27-17-32-13-9-11-15-38(32)42(40)41-37-14-10-8-12-31(37)16-26-39(41)48-6/h8-27,46-47H,7,28-30H2,1-6H3. The third-order valence-corrected chi connectivity index (χ3v) is 9.80. The van der Waals surface area contributed by atoms with Crippen LogP contribution < -0.4 is 18.9 Å². The van der Waals surface area contributed by atoms with E-state index in [-0.39, 0.29) is 25.2 Å². The highest BCUT2D eigenvalue weighted by Crippen LogP contribution is 2.45. The predicted octanol–water partition coefficient (Wildman–Crippen LogP) is 9.74. The molecule has 264 valence electrons. The van der Waals surface area contributed by atoms with E-state index in [1.165, 1.54) is 0 Å². The zero-order valence-electron chi connectivity index (χ0n) is 30.4. The van der Waals surface area contributed by atoms with Crippen LogP contribution in [0.3, 0.4) is 0 Å².